The van der Waals surface area contributed by atoms with Crippen LogP contribution >= 0.6 is 0 Å². The van der Waals surface area contributed by atoms with Crippen molar-refractivity contribution in [3.63, 3.8) is 0 Å². The molecule has 0 bridgehead atoms. The van der Waals surface area contributed by atoms with Crippen molar-refractivity contribution in [2.75, 3.05) is 20.2 Å². The predicted molar refractivity (Wildman–Crippen MR) is 67.4 cm³/mol. The Hall–Kier alpha value is -1.88. The molecular formula is C13H15N3O2. The molecule has 5 nitrogen and oxygen atoms in total. The third-order valence-electron chi connectivity index (χ3n) is 3.35. The Kier molecular flexibility index (Phi) is 2.76. The molecule has 1 aliphatic heterocycles. The zero-order chi connectivity index (χ0) is 12.5. The van der Waals surface area contributed by atoms with E-state index in [1.54, 1.807) is 0 Å². The van der Waals surface area contributed by atoms with E-state index in [9.17, 15) is 4.79 Å². The molecule has 1 N–H and O–H groups in total. The van der Waals surface area contributed by atoms with Crippen molar-refractivity contribution < 1.29 is 9.53 Å². The van der Waals surface area contributed by atoms with Gasteiger partial charge in [-0.15, -0.1) is 0 Å². The van der Waals surface area contributed by atoms with Gasteiger partial charge >= 0.3 is 5.97 Å². The van der Waals surface area contributed by atoms with Crippen LogP contribution in [0.1, 0.15) is 11.7 Å². The van der Waals surface area contributed by atoms with Gasteiger partial charge in [-0.2, -0.15) is 0 Å². The number of nitrogens with one attached hydrogen (secondary N) is 1. The molecule has 18 heavy (non-hydrogen) atoms. The number of hydrogen-bond donors (Lipinski definition) is 1. The van der Waals surface area contributed by atoms with Gasteiger partial charge in [0.2, 0.25) is 0 Å². The average Bonchev–Trinajstić information content (AvgIpc) is 2.66. The minimum absolute atomic E-state index is 0.225. The molecule has 1 aromatic heterocycles. The van der Waals surface area contributed by atoms with E-state index in [4.69, 9.17) is 4.74 Å². The van der Waals surface area contributed by atoms with Gasteiger partial charge in [0.05, 0.1) is 18.1 Å². The molecule has 0 spiro atoms. The summed E-state index contributed by atoms with van der Waals surface area (Å²) >= 11 is 0. The highest BCUT2D eigenvalue weighted by atomic mass is 16.5. The molecule has 2 aromatic rings. The number of fused-ring (bicyclic) bond motifs is 1. The molecule has 0 atom stereocenters. The maximum atomic E-state index is 11.5. The van der Waals surface area contributed by atoms with Gasteiger partial charge in [-0.25, -0.2) is 4.98 Å². The highest BCUT2D eigenvalue weighted by Crippen LogP contribution is 2.24. The first-order valence-electron chi connectivity index (χ1n) is 6.02. The van der Waals surface area contributed by atoms with Gasteiger partial charge in [0.25, 0.3) is 0 Å². The second-order valence-corrected chi connectivity index (χ2v) is 4.48. The first-order valence-corrected chi connectivity index (χ1v) is 6.02. The normalized spacial score (nSPS) is 15.6. The van der Waals surface area contributed by atoms with Crippen molar-refractivity contribution in [1.82, 2.24) is 14.9 Å². The number of methoxy groups -OCH3 is 1. The van der Waals surface area contributed by atoms with Crippen molar-refractivity contribution in [2.24, 2.45) is 0 Å². The summed E-state index contributed by atoms with van der Waals surface area (Å²) in [6.45, 7) is 2.07. The Morgan fingerprint density at radius 2 is 2.28 bits per heavy atom. The van der Waals surface area contributed by atoms with Crippen LogP contribution < -0.4 is 5.32 Å². The minimum atomic E-state index is -0.244. The van der Waals surface area contributed by atoms with Gasteiger partial charge in [-0.1, -0.05) is 12.1 Å². The van der Waals surface area contributed by atoms with Crippen LogP contribution in [0.3, 0.4) is 0 Å². The number of esters is 1. The molecule has 0 radical (unpaired) electrons. The lowest BCUT2D eigenvalue weighted by molar-refractivity contribution is -0.141. The van der Waals surface area contributed by atoms with Crippen molar-refractivity contribution in [3.8, 4) is 0 Å². The van der Waals surface area contributed by atoms with Crippen LogP contribution in [0.25, 0.3) is 11.0 Å². The Labute approximate surface area is 105 Å². The van der Waals surface area contributed by atoms with E-state index in [1.165, 1.54) is 7.11 Å². The molecule has 5 heteroatoms. The lowest BCUT2D eigenvalue weighted by Crippen LogP contribution is -2.41. The monoisotopic (exact) mass is 245 g/mol. The molecule has 0 amide bonds. The van der Waals surface area contributed by atoms with E-state index in [0.29, 0.717) is 5.92 Å². The maximum Gasteiger partial charge on any atom is 0.325 e. The summed E-state index contributed by atoms with van der Waals surface area (Å²) in [7, 11) is 1.41. The van der Waals surface area contributed by atoms with Crippen LogP contribution in [-0.4, -0.2) is 35.7 Å². The Balaban J connectivity index is 2.08. The summed E-state index contributed by atoms with van der Waals surface area (Å²) in [6, 6.07) is 7.88. The van der Waals surface area contributed by atoms with E-state index in [1.807, 2.05) is 28.8 Å². The molecule has 1 aromatic carbocycles. The molecule has 0 unspecified atom stereocenters. The molecule has 2 heterocycles. The lowest BCUT2D eigenvalue weighted by Gasteiger charge is -2.27. The Morgan fingerprint density at radius 1 is 1.50 bits per heavy atom. The summed E-state index contributed by atoms with van der Waals surface area (Å²) < 4.78 is 6.72. The Bertz CT molecular complexity index is 587. The topological polar surface area (TPSA) is 56.1 Å². The molecule has 1 fully saturated rings. The third kappa shape index (κ3) is 1.76. The first kappa shape index (κ1) is 11.2. The number of carbonyl (C=O) groups is 1. The number of para-hydroxylation sites is 2. The van der Waals surface area contributed by atoms with E-state index in [-0.39, 0.29) is 12.5 Å². The van der Waals surface area contributed by atoms with Crippen LogP contribution in [0.2, 0.25) is 0 Å². The number of aromatic nitrogens is 2. The third-order valence-corrected chi connectivity index (χ3v) is 3.35. The summed E-state index contributed by atoms with van der Waals surface area (Å²) in [5, 5.41) is 3.23. The van der Waals surface area contributed by atoms with Crippen LogP contribution in [-0.2, 0) is 16.1 Å². The van der Waals surface area contributed by atoms with Crippen molar-refractivity contribution >= 4 is 17.0 Å². The van der Waals surface area contributed by atoms with Crippen molar-refractivity contribution in [3.05, 3.63) is 30.1 Å². The maximum absolute atomic E-state index is 11.5. The second kappa shape index (κ2) is 4.42. The summed E-state index contributed by atoms with van der Waals surface area (Å²) in [6.07, 6.45) is 0. The zero-order valence-corrected chi connectivity index (χ0v) is 10.2. The molecule has 0 aliphatic carbocycles. The molecule has 94 valence electrons. The highest BCUT2D eigenvalue weighted by molar-refractivity contribution is 5.79. The van der Waals surface area contributed by atoms with Crippen molar-refractivity contribution in [2.45, 2.75) is 12.5 Å². The fourth-order valence-electron chi connectivity index (χ4n) is 2.24. The van der Waals surface area contributed by atoms with Gasteiger partial charge in [0.1, 0.15) is 12.4 Å². The van der Waals surface area contributed by atoms with Gasteiger partial charge in [-0.3, -0.25) is 4.79 Å². The van der Waals surface area contributed by atoms with Gasteiger partial charge in [-0.05, 0) is 12.1 Å². The van der Waals surface area contributed by atoms with E-state index >= 15 is 0 Å². The number of hydrogen-bond acceptors (Lipinski definition) is 4. The van der Waals surface area contributed by atoms with Crippen LogP contribution in [0.5, 0.6) is 0 Å². The van der Waals surface area contributed by atoms with Gasteiger partial charge < -0.3 is 14.6 Å². The van der Waals surface area contributed by atoms with Crippen LogP contribution in [0.15, 0.2) is 24.3 Å². The SMILES string of the molecule is COC(=O)Cn1c(C2CNC2)nc2ccccc21. The van der Waals surface area contributed by atoms with E-state index < -0.39 is 0 Å². The molecule has 1 saturated heterocycles. The molecule has 0 saturated carbocycles. The highest BCUT2D eigenvalue weighted by Gasteiger charge is 2.26. The molecule has 1 aliphatic rings. The predicted octanol–water partition coefficient (Wildman–Crippen LogP) is 0.896. The molecule has 3 rings (SSSR count). The second-order valence-electron chi connectivity index (χ2n) is 4.48. The number of imidazole rings is 1. The van der Waals surface area contributed by atoms with Crippen LogP contribution in [0.4, 0.5) is 0 Å². The number of ether oxygens (including phenoxy) is 1. The summed E-state index contributed by atoms with van der Waals surface area (Å²) in [5.41, 5.74) is 1.92. The summed E-state index contributed by atoms with van der Waals surface area (Å²) in [4.78, 5) is 16.2. The fraction of sp³-hybridized carbons (Fsp3) is 0.385. The number of benzene rings is 1. The fourth-order valence-corrected chi connectivity index (χ4v) is 2.24. The quantitative estimate of drug-likeness (QED) is 0.816. The largest absolute Gasteiger partial charge is 0.468 e. The minimum Gasteiger partial charge on any atom is -0.468 e. The standard InChI is InChI=1S/C13H15N3O2/c1-18-12(17)8-16-11-5-3-2-4-10(11)15-13(16)9-6-14-7-9/h2-5,9,14H,6-8H2,1H3. The van der Waals surface area contributed by atoms with E-state index in [0.717, 1.165) is 29.9 Å². The van der Waals surface area contributed by atoms with Crippen LogP contribution in [0, 0.1) is 0 Å². The lowest BCUT2D eigenvalue weighted by atomic mass is 10.0. The number of rotatable bonds is 3. The number of carbonyl (C=O) groups excluding carboxylic acids is 1. The summed E-state index contributed by atoms with van der Waals surface area (Å²) in [5.74, 6) is 1.12. The first-order chi connectivity index (χ1) is 8.79. The molecular weight excluding hydrogens is 230 g/mol. The van der Waals surface area contributed by atoms with Crippen molar-refractivity contribution in [1.29, 1.82) is 0 Å². The van der Waals surface area contributed by atoms with Gasteiger partial charge in [0.15, 0.2) is 0 Å². The van der Waals surface area contributed by atoms with Gasteiger partial charge in [0, 0.05) is 19.0 Å². The van der Waals surface area contributed by atoms with E-state index in [2.05, 4.69) is 10.3 Å². The number of nitrogens with zero attached hydrogens (tertiary/aromatic N) is 2. The zero-order valence-electron chi connectivity index (χ0n) is 10.2. The average molecular weight is 245 g/mol. The Morgan fingerprint density at radius 3 is 2.94 bits per heavy atom. The smallest absolute Gasteiger partial charge is 0.325 e.